The molecule has 0 spiro atoms. The van der Waals surface area contributed by atoms with Crippen molar-refractivity contribution < 1.29 is 0 Å². The van der Waals surface area contributed by atoms with Gasteiger partial charge in [-0.15, -0.1) is 0 Å². The first-order valence-electron chi connectivity index (χ1n) is 9.05. The number of nitrogens with one attached hydrogen (secondary N) is 2. The molecule has 0 bridgehead atoms. The number of nitrogens with two attached hydrogens (primary N) is 4. The zero-order chi connectivity index (χ0) is 16.7. The second-order valence-electron chi connectivity index (χ2n) is 5.48. The van der Waals surface area contributed by atoms with Crippen LogP contribution in [0.3, 0.4) is 0 Å². The summed E-state index contributed by atoms with van der Waals surface area (Å²) in [7, 11) is 0. The zero-order valence-electron chi connectivity index (χ0n) is 14.6. The lowest BCUT2D eigenvalue weighted by Gasteiger charge is -2.04. The summed E-state index contributed by atoms with van der Waals surface area (Å²) < 4.78 is 0. The van der Waals surface area contributed by atoms with E-state index in [0.29, 0.717) is 0 Å². The van der Waals surface area contributed by atoms with E-state index in [4.69, 9.17) is 22.9 Å². The minimum atomic E-state index is 0.785. The second-order valence-corrected chi connectivity index (χ2v) is 5.48. The van der Waals surface area contributed by atoms with Crippen LogP contribution in [-0.2, 0) is 0 Å². The molecule has 0 aromatic heterocycles. The third-order valence-corrected chi connectivity index (χ3v) is 3.23. The fourth-order valence-electron chi connectivity index (χ4n) is 1.85. The van der Waals surface area contributed by atoms with Crippen molar-refractivity contribution in [1.29, 1.82) is 0 Å². The summed E-state index contributed by atoms with van der Waals surface area (Å²) in [6.45, 7) is 7.54. The van der Waals surface area contributed by atoms with Crippen LogP contribution >= 0.6 is 0 Å². The van der Waals surface area contributed by atoms with Gasteiger partial charge in [-0.05, 0) is 90.9 Å². The highest BCUT2D eigenvalue weighted by Gasteiger charge is 1.89. The number of rotatable bonds is 16. The maximum atomic E-state index is 5.38. The first-order valence-corrected chi connectivity index (χ1v) is 9.05. The Morgan fingerprint density at radius 1 is 0.364 bits per heavy atom. The van der Waals surface area contributed by atoms with Crippen LogP contribution in [0.2, 0.25) is 0 Å². The first kappa shape index (κ1) is 24.0. The van der Waals surface area contributed by atoms with Gasteiger partial charge >= 0.3 is 0 Å². The minimum Gasteiger partial charge on any atom is -0.330 e. The van der Waals surface area contributed by atoms with Crippen LogP contribution < -0.4 is 33.6 Å². The average molecular weight is 319 g/mol. The van der Waals surface area contributed by atoms with Gasteiger partial charge in [-0.25, -0.2) is 0 Å². The van der Waals surface area contributed by atoms with Crippen molar-refractivity contribution >= 4 is 0 Å². The maximum Gasteiger partial charge on any atom is -0.00369 e. The third-order valence-electron chi connectivity index (χ3n) is 3.23. The third kappa shape index (κ3) is 28.0. The lowest BCUT2D eigenvalue weighted by atomic mass is 10.2. The Morgan fingerprint density at radius 3 is 1.00 bits per heavy atom. The van der Waals surface area contributed by atoms with Crippen LogP contribution in [0.15, 0.2) is 0 Å². The quantitative estimate of drug-likeness (QED) is 0.224. The van der Waals surface area contributed by atoms with Gasteiger partial charge in [0.25, 0.3) is 0 Å². The molecule has 0 saturated carbocycles. The van der Waals surface area contributed by atoms with E-state index in [-0.39, 0.29) is 0 Å². The second kappa shape index (κ2) is 25.7. The molecular weight excluding hydrogens is 276 g/mol. The summed E-state index contributed by atoms with van der Waals surface area (Å²) >= 11 is 0. The molecule has 136 valence electrons. The van der Waals surface area contributed by atoms with Gasteiger partial charge in [0.05, 0.1) is 0 Å². The lowest BCUT2D eigenvalue weighted by Crippen LogP contribution is -2.22. The molecule has 6 nitrogen and oxygen atoms in total. The van der Waals surface area contributed by atoms with Gasteiger partial charge in [-0.3, -0.25) is 0 Å². The smallest absolute Gasteiger partial charge is 0.00369 e. The molecule has 0 aliphatic carbocycles. The van der Waals surface area contributed by atoms with E-state index in [1.54, 1.807) is 0 Å². The van der Waals surface area contributed by atoms with E-state index in [1.807, 2.05) is 0 Å². The molecule has 6 heteroatoms. The van der Waals surface area contributed by atoms with Crippen LogP contribution in [0.5, 0.6) is 0 Å². The van der Waals surface area contributed by atoms with E-state index in [1.165, 1.54) is 25.7 Å². The highest BCUT2D eigenvalue weighted by molar-refractivity contribution is 4.52. The fourth-order valence-corrected chi connectivity index (χ4v) is 1.85. The topological polar surface area (TPSA) is 128 Å². The molecular formula is C16H42N6. The molecule has 0 aromatic rings. The summed E-state index contributed by atoms with van der Waals surface area (Å²) in [5.74, 6) is 0. The van der Waals surface area contributed by atoms with Crippen molar-refractivity contribution in [2.75, 3.05) is 52.4 Å². The molecule has 0 radical (unpaired) electrons. The molecule has 0 aliphatic heterocycles. The van der Waals surface area contributed by atoms with Gasteiger partial charge in [-0.1, -0.05) is 12.8 Å². The Morgan fingerprint density at radius 2 is 0.682 bits per heavy atom. The van der Waals surface area contributed by atoms with Crippen LogP contribution in [0.4, 0.5) is 0 Å². The lowest BCUT2D eigenvalue weighted by molar-refractivity contribution is 0.570. The van der Waals surface area contributed by atoms with Crippen molar-refractivity contribution in [3.05, 3.63) is 0 Å². The van der Waals surface area contributed by atoms with Crippen LogP contribution in [0.25, 0.3) is 0 Å². The van der Waals surface area contributed by atoms with Crippen molar-refractivity contribution in [2.24, 2.45) is 22.9 Å². The average Bonchev–Trinajstić information content (AvgIpc) is 2.54. The Kier molecular flexibility index (Phi) is 28.1. The van der Waals surface area contributed by atoms with E-state index in [2.05, 4.69) is 10.6 Å². The summed E-state index contributed by atoms with van der Waals surface area (Å²) in [6, 6.07) is 0. The standard InChI is InChI=1S/C10H26N4.C6H16N2/c11-5-3-9-13-7-1-2-8-14-10-4-6-12;7-5-3-1-2-4-6-8/h13-14H,1-12H2;1-8H2. The van der Waals surface area contributed by atoms with E-state index in [0.717, 1.165) is 78.0 Å². The fraction of sp³-hybridized carbons (Fsp3) is 1.00. The molecule has 0 aliphatic rings. The van der Waals surface area contributed by atoms with Gasteiger partial charge in [0.15, 0.2) is 0 Å². The minimum absolute atomic E-state index is 0.785. The van der Waals surface area contributed by atoms with Crippen molar-refractivity contribution in [3.63, 3.8) is 0 Å². The van der Waals surface area contributed by atoms with Crippen LogP contribution in [0.1, 0.15) is 51.4 Å². The number of hydrogen-bond donors (Lipinski definition) is 6. The summed E-state index contributed by atoms with van der Waals surface area (Å²) in [5.41, 5.74) is 21.3. The van der Waals surface area contributed by atoms with Crippen LogP contribution in [-0.4, -0.2) is 52.4 Å². The van der Waals surface area contributed by atoms with Gasteiger partial charge in [0.2, 0.25) is 0 Å². The highest BCUT2D eigenvalue weighted by Crippen LogP contribution is 1.95. The predicted molar refractivity (Wildman–Crippen MR) is 98.9 cm³/mol. The van der Waals surface area contributed by atoms with E-state index in [9.17, 15) is 0 Å². The number of unbranched alkanes of at least 4 members (excludes halogenated alkanes) is 4. The first-order chi connectivity index (χ1) is 10.8. The highest BCUT2D eigenvalue weighted by atomic mass is 14.9. The van der Waals surface area contributed by atoms with Gasteiger partial charge < -0.3 is 33.6 Å². The van der Waals surface area contributed by atoms with Crippen LogP contribution in [0, 0.1) is 0 Å². The largest absolute Gasteiger partial charge is 0.330 e. The Labute approximate surface area is 138 Å². The molecule has 0 unspecified atom stereocenters. The predicted octanol–water partition coefficient (Wildman–Crippen LogP) is 0.108. The number of hydrogen-bond acceptors (Lipinski definition) is 6. The Balaban J connectivity index is 0. The SMILES string of the molecule is NCCCCCCN.NCCCNCCCCNCCCN. The van der Waals surface area contributed by atoms with E-state index < -0.39 is 0 Å². The molecule has 0 rings (SSSR count). The molecule has 0 saturated heterocycles. The molecule has 0 aromatic carbocycles. The molecule has 0 heterocycles. The zero-order valence-corrected chi connectivity index (χ0v) is 14.6. The molecule has 0 atom stereocenters. The molecule has 22 heavy (non-hydrogen) atoms. The van der Waals surface area contributed by atoms with Crippen molar-refractivity contribution in [2.45, 2.75) is 51.4 Å². The summed E-state index contributed by atoms with van der Waals surface area (Å²) in [4.78, 5) is 0. The summed E-state index contributed by atoms with van der Waals surface area (Å²) in [5, 5.41) is 6.72. The van der Waals surface area contributed by atoms with Gasteiger partial charge in [-0.2, -0.15) is 0 Å². The Bertz CT molecular complexity index is 151. The Hall–Kier alpha value is -0.240. The molecule has 0 amide bonds. The monoisotopic (exact) mass is 318 g/mol. The van der Waals surface area contributed by atoms with Gasteiger partial charge in [0.1, 0.15) is 0 Å². The summed E-state index contributed by atoms with van der Waals surface area (Å²) in [6.07, 6.45) is 9.42. The van der Waals surface area contributed by atoms with Crippen molar-refractivity contribution in [1.82, 2.24) is 10.6 Å². The van der Waals surface area contributed by atoms with Crippen molar-refractivity contribution in [3.8, 4) is 0 Å². The normalized spacial score (nSPS) is 10.4. The maximum absolute atomic E-state index is 5.38. The molecule has 10 N–H and O–H groups in total. The van der Waals surface area contributed by atoms with E-state index >= 15 is 0 Å². The van der Waals surface area contributed by atoms with Gasteiger partial charge in [0, 0.05) is 0 Å². The molecule has 0 fully saturated rings.